The van der Waals surface area contributed by atoms with Gasteiger partial charge in [0, 0.05) is 6.20 Å². The Hall–Kier alpha value is -1.58. The van der Waals surface area contributed by atoms with Crippen LogP contribution in [0.4, 0.5) is 0 Å². The molecule has 50 valence electrons. The van der Waals surface area contributed by atoms with E-state index in [1.54, 1.807) is 12.4 Å². The lowest BCUT2D eigenvalue weighted by atomic mass is 10.5. The van der Waals surface area contributed by atoms with Gasteiger partial charge in [-0.1, -0.05) is 6.58 Å². The molecule has 0 atom stereocenters. The van der Waals surface area contributed by atoms with E-state index in [0.29, 0.717) is 10.9 Å². The number of hydrogen-bond donors (Lipinski definition) is 1. The predicted octanol–water partition coefficient (Wildman–Crippen LogP) is -0.464. The highest BCUT2D eigenvalue weighted by molar-refractivity contribution is 5.37. The molecule has 0 fully saturated rings. The maximum atomic E-state index is 7.17. The van der Waals surface area contributed by atoms with E-state index in [0.717, 1.165) is 0 Å². The summed E-state index contributed by atoms with van der Waals surface area (Å²) in [4.78, 5) is 3.93. The van der Waals surface area contributed by atoms with Crippen LogP contribution in [0.3, 0.4) is 0 Å². The zero-order chi connectivity index (χ0) is 7.14. The van der Waals surface area contributed by atoms with Crippen LogP contribution < -0.4 is 10.8 Å². The van der Waals surface area contributed by atoms with Crippen LogP contribution in [0, 0.1) is 5.41 Å². The van der Waals surface area contributed by atoms with Crippen molar-refractivity contribution in [1.82, 2.24) is 9.56 Å². The SMILES string of the molecule is C=c1c(=N)on2ccnc12. The Balaban J connectivity index is 3.24. The van der Waals surface area contributed by atoms with Crippen molar-refractivity contribution in [3.8, 4) is 0 Å². The second-order valence-corrected chi connectivity index (χ2v) is 1.98. The summed E-state index contributed by atoms with van der Waals surface area (Å²) in [6.45, 7) is 3.62. The Morgan fingerprint density at radius 1 is 1.70 bits per heavy atom. The number of imidazole rings is 1. The van der Waals surface area contributed by atoms with Crippen molar-refractivity contribution in [1.29, 1.82) is 5.41 Å². The van der Waals surface area contributed by atoms with Crippen molar-refractivity contribution < 1.29 is 4.52 Å². The van der Waals surface area contributed by atoms with Crippen molar-refractivity contribution >= 4 is 12.2 Å². The topological polar surface area (TPSA) is 54.3 Å². The van der Waals surface area contributed by atoms with E-state index in [4.69, 9.17) is 9.93 Å². The highest BCUT2D eigenvalue weighted by Gasteiger charge is 1.98. The molecule has 0 aliphatic carbocycles. The number of nitrogens with one attached hydrogen (secondary N) is 1. The van der Waals surface area contributed by atoms with Gasteiger partial charge in [0.05, 0.1) is 11.4 Å². The van der Waals surface area contributed by atoms with Gasteiger partial charge in [0.25, 0.3) is 0 Å². The molecule has 1 N–H and O–H groups in total. The van der Waals surface area contributed by atoms with Crippen LogP contribution in [0.15, 0.2) is 16.9 Å². The minimum absolute atomic E-state index is 0.0723. The molecule has 0 aromatic carbocycles. The number of fused-ring (bicyclic) bond motifs is 1. The lowest BCUT2D eigenvalue weighted by molar-refractivity contribution is 0.336. The van der Waals surface area contributed by atoms with Gasteiger partial charge in [-0.15, -0.1) is 0 Å². The van der Waals surface area contributed by atoms with E-state index < -0.39 is 0 Å². The van der Waals surface area contributed by atoms with E-state index in [1.165, 1.54) is 4.57 Å². The lowest BCUT2D eigenvalue weighted by Gasteiger charge is -1.72. The van der Waals surface area contributed by atoms with Gasteiger partial charge in [0.15, 0.2) is 5.65 Å². The second kappa shape index (κ2) is 1.47. The van der Waals surface area contributed by atoms with Gasteiger partial charge < -0.3 is 4.52 Å². The van der Waals surface area contributed by atoms with Crippen molar-refractivity contribution in [3.63, 3.8) is 0 Å². The van der Waals surface area contributed by atoms with Gasteiger partial charge >= 0.3 is 0 Å². The van der Waals surface area contributed by atoms with Crippen molar-refractivity contribution in [2.24, 2.45) is 0 Å². The fourth-order valence-electron chi connectivity index (χ4n) is 0.832. The Labute approximate surface area is 55.9 Å². The molecule has 0 aliphatic heterocycles. The zero-order valence-corrected chi connectivity index (χ0v) is 5.16. The van der Waals surface area contributed by atoms with E-state index in [2.05, 4.69) is 11.6 Å². The molecule has 10 heavy (non-hydrogen) atoms. The first kappa shape index (κ1) is 5.22. The molecule has 0 saturated carbocycles. The van der Waals surface area contributed by atoms with E-state index in [9.17, 15) is 0 Å². The molecule has 4 heteroatoms. The highest BCUT2D eigenvalue weighted by Crippen LogP contribution is 1.87. The number of nitrogens with zero attached hydrogens (tertiary/aromatic N) is 2. The molecule has 0 aliphatic rings. The minimum atomic E-state index is 0.0723. The van der Waals surface area contributed by atoms with Gasteiger partial charge in [-0.3, -0.25) is 5.41 Å². The maximum Gasteiger partial charge on any atom is 0.249 e. The molecular formula is C6H5N3O. The third kappa shape index (κ3) is 0.452. The summed E-state index contributed by atoms with van der Waals surface area (Å²) in [7, 11) is 0. The summed E-state index contributed by atoms with van der Waals surface area (Å²) in [6.07, 6.45) is 3.25. The average Bonchev–Trinajstić information content (AvgIpc) is 2.41. The van der Waals surface area contributed by atoms with Crippen LogP contribution in [0.1, 0.15) is 0 Å². The Morgan fingerprint density at radius 3 is 3.20 bits per heavy atom. The fraction of sp³-hybridized carbons (Fsp3) is 0. The Morgan fingerprint density at radius 2 is 2.50 bits per heavy atom. The first-order valence-corrected chi connectivity index (χ1v) is 2.79. The summed E-state index contributed by atoms with van der Waals surface area (Å²) >= 11 is 0. The summed E-state index contributed by atoms with van der Waals surface area (Å²) in [5.74, 6) is 0. The predicted molar refractivity (Wildman–Crippen MR) is 34.1 cm³/mol. The number of aromatic nitrogens is 2. The standard InChI is InChI=1S/C6H5N3O/c1-4-5(7)10-9-3-2-8-6(4)9/h2-3,7H,1H2. The molecule has 2 aromatic heterocycles. The van der Waals surface area contributed by atoms with Crippen LogP contribution in [-0.4, -0.2) is 9.56 Å². The number of rotatable bonds is 0. The summed E-state index contributed by atoms with van der Waals surface area (Å²) < 4.78 is 6.32. The van der Waals surface area contributed by atoms with Crippen molar-refractivity contribution in [2.75, 3.05) is 0 Å². The average molecular weight is 135 g/mol. The maximum absolute atomic E-state index is 7.17. The summed E-state index contributed by atoms with van der Waals surface area (Å²) in [5.41, 5.74) is 0.688. The van der Waals surface area contributed by atoms with Gasteiger partial charge in [0.2, 0.25) is 5.55 Å². The largest absolute Gasteiger partial charge is 0.353 e. The quantitative estimate of drug-likeness (QED) is 0.531. The third-order valence-electron chi connectivity index (χ3n) is 1.34. The normalized spacial score (nSPS) is 10.8. The molecule has 0 saturated heterocycles. The zero-order valence-electron chi connectivity index (χ0n) is 5.16. The van der Waals surface area contributed by atoms with Crippen molar-refractivity contribution in [2.45, 2.75) is 0 Å². The van der Waals surface area contributed by atoms with Gasteiger partial charge in [-0.05, 0) is 0 Å². The van der Waals surface area contributed by atoms with Crippen LogP contribution >= 0.6 is 0 Å². The minimum Gasteiger partial charge on any atom is -0.353 e. The fourth-order valence-corrected chi connectivity index (χ4v) is 0.832. The van der Waals surface area contributed by atoms with E-state index in [-0.39, 0.29) is 5.55 Å². The number of hydrogen-bond acceptors (Lipinski definition) is 3. The van der Waals surface area contributed by atoms with Crippen LogP contribution in [0.25, 0.3) is 12.2 Å². The first-order chi connectivity index (χ1) is 4.79. The molecule has 2 rings (SSSR count). The molecule has 0 amide bonds. The molecule has 2 aromatic rings. The highest BCUT2D eigenvalue weighted by atomic mass is 16.5. The molecule has 0 bridgehead atoms. The monoisotopic (exact) mass is 135 g/mol. The summed E-state index contributed by atoms with van der Waals surface area (Å²) in [6, 6.07) is 0. The molecule has 0 spiro atoms. The van der Waals surface area contributed by atoms with Gasteiger partial charge in [0.1, 0.15) is 0 Å². The van der Waals surface area contributed by atoms with Crippen LogP contribution in [0.2, 0.25) is 0 Å². The van der Waals surface area contributed by atoms with E-state index >= 15 is 0 Å². The second-order valence-electron chi connectivity index (χ2n) is 1.98. The van der Waals surface area contributed by atoms with Gasteiger partial charge in [-0.2, -0.15) is 4.57 Å². The molecule has 2 heterocycles. The Kier molecular flexibility index (Phi) is 0.768. The van der Waals surface area contributed by atoms with Gasteiger partial charge in [-0.25, -0.2) is 4.98 Å². The molecule has 0 unspecified atom stereocenters. The molecule has 0 radical (unpaired) electrons. The molecule has 4 nitrogen and oxygen atoms in total. The lowest BCUT2D eigenvalue weighted by Crippen LogP contribution is -2.16. The summed E-state index contributed by atoms with van der Waals surface area (Å²) in [5, 5.41) is 7.71. The molecular weight excluding hydrogens is 130 g/mol. The van der Waals surface area contributed by atoms with Crippen LogP contribution in [-0.2, 0) is 0 Å². The van der Waals surface area contributed by atoms with Crippen molar-refractivity contribution in [3.05, 3.63) is 23.2 Å². The van der Waals surface area contributed by atoms with E-state index in [1.807, 2.05) is 0 Å². The third-order valence-corrected chi connectivity index (χ3v) is 1.34. The van der Waals surface area contributed by atoms with Crippen LogP contribution in [0.5, 0.6) is 0 Å². The first-order valence-electron chi connectivity index (χ1n) is 2.79. The smallest absolute Gasteiger partial charge is 0.249 e. The Bertz CT molecular complexity index is 453.